The molecule has 3 nitrogen and oxygen atoms in total. The Morgan fingerprint density at radius 2 is 1.73 bits per heavy atom. The molecule has 0 saturated heterocycles. The zero-order chi connectivity index (χ0) is 18.6. The van der Waals surface area contributed by atoms with Crippen LogP contribution in [0.4, 0.5) is 4.79 Å². The zero-order valence-corrected chi connectivity index (χ0v) is 15.6. The van der Waals surface area contributed by atoms with Crippen molar-refractivity contribution >= 4 is 11.7 Å². The van der Waals surface area contributed by atoms with Crippen LogP contribution in [-0.4, -0.2) is 11.0 Å². The van der Waals surface area contributed by atoms with E-state index in [0.29, 0.717) is 0 Å². The van der Waals surface area contributed by atoms with Gasteiger partial charge in [0.2, 0.25) is 0 Å². The minimum Gasteiger partial charge on any atom is -0.444 e. The molecule has 0 N–H and O–H groups in total. The molecule has 1 aliphatic rings. The molecule has 0 atom stereocenters. The number of rotatable bonds is 3. The third-order valence-electron chi connectivity index (χ3n) is 4.44. The Labute approximate surface area is 155 Å². The molecule has 0 spiro atoms. The highest BCUT2D eigenvalue weighted by molar-refractivity contribution is 5.76. The molecule has 2 aromatic rings. The monoisotopic (exact) mass is 347 g/mol. The van der Waals surface area contributed by atoms with E-state index in [2.05, 4.69) is 45.0 Å². The maximum Gasteiger partial charge on any atom is 0.418 e. The summed E-state index contributed by atoms with van der Waals surface area (Å²) < 4.78 is 5.41. The quantitative estimate of drug-likeness (QED) is 0.694. The van der Waals surface area contributed by atoms with E-state index >= 15 is 0 Å². The smallest absolute Gasteiger partial charge is 0.418 e. The van der Waals surface area contributed by atoms with E-state index in [1.807, 2.05) is 42.6 Å². The highest BCUT2D eigenvalue weighted by Gasteiger charge is 2.17. The van der Waals surface area contributed by atoms with Crippen molar-refractivity contribution in [2.45, 2.75) is 39.2 Å². The lowest BCUT2D eigenvalue weighted by Crippen LogP contribution is -2.23. The van der Waals surface area contributed by atoms with Crippen molar-refractivity contribution < 1.29 is 9.53 Å². The van der Waals surface area contributed by atoms with Gasteiger partial charge in [-0.1, -0.05) is 81.4 Å². The second-order valence-electron chi connectivity index (χ2n) is 7.52. The molecule has 0 bridgehead atoms. The van der Waals surface area contributed by atoms with Crippen LogP contribution < -0.4 is 0 Å². The van der Waals surface area contributed by atoms with Gasteiger partial charge < -0.3 is 4.74 Å². The van der Waals surface area contributed by atoms with Crippen molar-refractivity contribution in [2.24, 2.45) is 0 Å². The minimum atomic E-state index is -0.367. The van der Waals surface area contributed by atoms with Crippen molar-refractivity contribution in [2.75, 3.05) is 0 Å². The molecule has 0 radical (unpaired) electrons. The van der Waals surface area contributed by atoms with E-state index in [9.17, 15) is 4.79 Å². The molecule has 0 aliphatic carbocycles. The molecule has 134 valence electrons. The summed E-state index contributed by atoms with van der Waals surface area (Å²) in [5.74, 6) is 0. The number of carbonyl (C=O) groups is 1. The molecule has 1 amide bonds. The fourth-order valence-corrected chi connectivity index (χ4v) is 2.84. The topological polar surface area (TPSA) is 29.5 Å². The number of ether oxygens (including phenoxy) is 1. The Morgan fingerprint density at radius 3 is 2.38 bits per heavy atom. The maximum absolute atomic E-state index is 12.3. The molecule has 0 aromatic heterocycles. The third kappa shape index (κ3) is 4.42. The van der Waals surface area contributed by atoms with Gasteiger partial charge >= 0.3 is 6.09 Å². The number of allylic oxidation sites excluding steroid dienone is 2. The lowest BCUT2D eigenvalue weighted by molar-refractivity contribution is 0.121. The Kier molecular flexibility index (Phi) is 5.27. The molecule has 2 aromatic carbocycles. The predicted molar refractivity (Wildman–Crippen MR) is 105 cm³/mol. The van der Waals surface area contributed by atoms with Crippen LogP contribution in [0.2, 0.25) is 0 Å². The van der Waals surface area contributed by atoms with Crippen LogP contribution in [0.25, 0.3) is 5.57 Å². The van der Waals surface area contributed by atoms with Gasteiger partial charge in [0.05, 0.1) is 0 Å². The fraction of sp³-hybridized carbons (Fsp3) is 0.261. The van der Waals surface area contributed by atoms with Crippen LogP contribution in [0, 0.1) is 0 Å². The summed E-state index contributed by atoms with van der Waals surface area (Å²) in [6.45, 7) is 6.88. The van der Waals surface area contributed by atoms with Gasteiger partial charge in [-0.25, -0.2) is 4.79 Å². The predicted octanol–water partition coefficient (Wildman–Crippen LogP) is 5.88. The van der Waals surface area contributed by atoms with Crippen LogP contribution in [0.3, 0.4) is 0 Å². The molecule has 1 heterocycles. The Balaban J connectivity index is 1.68. The van der Waals surface area contributed by atoms with Crippen LogP contribution in [0.15, 0.2) is 73.1 Å². The normalized spacial score (nSPS) is 14.1. The van der Waals surface area contributed by atoms with E-state index in [-0.39, 0.29) is 18.1 Å². The van der Waals surface area contributed by atoms with Gasteiger partial charge in [-0.2, -0.15) is 0 Å². The van der Waals surface area contributed by atoms with E-state index in [0.717, 1.165) is 23.1 Å². The largest absolute Gasteiger partial charge is 0.444 e. The van der Waals surface area contributed by atoms with Crippen LogP contribution in [-0.2, 0) is 16.8 Å². The number of nitrogens with zero attached hydrogens (tertiary/aromatic N) is 1. The first-order valence-electron chi connectivity index (χ1n) is 8.91. The van der Waals surface area contributed by atoms with Gasteiger partial charge in [0.1, 0.15) is 6.61 Å². The van der Waals surface area contributed by atoms with E-state index in [1.54, 1.807) is 6.20 Å². The summed E-state index contributed by atoms with van der Waals surface area (Å²) in [5.41, 5.74) is 4.64. The van der Waals surface area contributed by atoms with E-state index in [1.165, 1.54) is 10.5 Å². The van der Waals surface area contributed by atoms with Crippen molar-refractivity contribution in [3.8, 4) is 0 Å². The van der Waals surface area contributed by atoms with Crippen LogP contribution >= 0.6 is 0 Å². The molecule has 3 heteroatoms. The van der Waals surface area contributed by atoms with Crippen molar-refractivity contribution in [1.82, 2.24) is 4.90 Å². The summed E-state index contributed by atoms with van der Waals surface area (Å²) in [6.07, 6.45) is 6.04. The van der Waals surface area contributed by atoms with Gasteiger partial charge in [-0.05, 0) is 34.1 Å². The Hall–Kier alpha value is -2.81. The lowest BCUT2D eigenvalue weighted by atomic mass is 9.86. The molecule has 3 rings (SSSR count). The number of hydrogen-bond acceptors (Lipinski definition) is 2. The number of benzene rings is 2. The highest BCUT2D eigenvalue weighted by Crippen LogP contribution is 2.27. The summed E-state index contributed by atoms with van der Waals surface area (Å²) in [7, 11) is 0. The van der Waals surface area contributed by atoms with Crippen molar-refractivity contribution in [3.05, 3.63) is 89.8 Å². The lowest BCUT2D eigenvalue weighted by Gasteiger charge is -2.22. The van der Waals surface area contributed by atoms with Crippen LogP contribution in [0.5, 0.6) is 0 Å². The zero-order valence-electron chi connectivity index (χ0n) is 15.6. The van der Waals surface area contributed by atoms with E-state index in [4.69, 9.17) is 4.74 Å². The van der Waals surface area contributed by atoms with Gasteiger partial charge in [0, 0.05) is 12.4 Å². The fourth-order valence-electron chi connectivity index (χ4n) is 2.84. The Bertz CT molecular complexity index is 812. The molecule has 0 fully saturated rings. The van der Waals surface area contributed by atoms with Gasteiger partial charge in [0.15, 0.2) is 0 Å². The summed E-state index contributed by atoms with van der Waals surface area (Å²) in [4.78, 5) is 13.9. The summed E-state index contributed by atoms with van der Waals surface area (Å²) >= 11 is 0. The van der Waals surface area contributed by atoms with Gasteiger partial charge in [-0.15, -0.1) is 0 Å². The first-order valence-corrected chi connectivity index (χ1v) is 8.91. The standard InChI is InChI=1S/C23H25NO2/c1-23(2,3)21-13-11-19(12-14-21)20-10-7-15-24(16-20)22(25)26-17-18-8-5-4-6-9-18/h4-9,11-16H,10,17H2,1-3H3. The van der Waals surface area contributed by atoms with Crippen LogP contribution in [0.1, 0.15) is 43.9 Å². The molecular weight excluding hydrogens is 322 g/mol. The third-order valence-corrected chi connectivity index (χ3v) is 4.44. The maximum atomic E-state index is 12.3. The molecule has 0 unspecified atom stereocenters. The summed E-state index contributed by atoms with van der Waals surface area (Å²) in [5, 5.41) is 0. The molecular formula is C23H25NO2. The van der Waals surface area contributed by atoms with Gasteiger partial charge in [-0.3, -0.25) is 4.90 Å². The van der Waals surface area contributed by atoms with Crippen molar-refractivity contribution in [1.29, 1.82) is 0 Å². The second kappa shape index (κ2) is 7.61. The number of carbonyl (C=O) groups excluding carboxylic acids is 1. The molecule has 0 saturated carbocycles. The molecule has 26 heavy (non-hydrogen) atoms. The average Bonchev–Trinajstić information content (AvgIpc) is 2.66. The molecule has 1 aliphatic heterocycles. The van der Waals surface area contributed by atoms with Crippen molar-refractivity contribution in [3.63, 3.8) is 0 Å². The number of amides is 1. The number of hydrogen-bond donors (Lipinski definition) is 0. The second-order valence-corrected chi connectivity index (χ2v) is 7.52. The first kappa shape index (κ1) is 18.0. The first-order chi connectivity index (χ1) is 12.4. The highest BCUT2D eigenvalue weighted by atomic mass is 16.6. The van der Waals surface area contributed by atoms with Gasteiger partial charge in [0.25, 0.3) is 0 Å². The average molecular weight is 347 g/mol. The SMILES string of the molecule is CC(C)(C)c1ccc(C2=CN(C(=O)OCc3ccccc3)C=CC2)cc1. The summed E-state index contributed by atoms with van der Waals surface area (Å²) in [6, 6.07) is 18.3. The minimum absolute atomic E-state index is 0.132. The Morgan fingerprint density at radius 1 is 1.04 bits per heavy atom. The van der Waals surface area contributed by atoms with E-state index < -0.39 is 0 Å².